The van der Waals surface area contributed by atoms with Crippen LogP contribution in [0.4, 0.5) is 0 Å². The van der Waals surface area contributed by atoms with E-state index in [9.17, 15) is 4.91 Å². The lowest BCUT2D eigenvalue weighted by Gasteiger charge is -2.28. The van der Waals surface area contributed by atoms with Gasteiger partial charge >= 0.3 is 0 Å². The molecule has 72 valence electrons. The maximum Gasteiger partial charge on any atom is 0.118 e. The van der Waals surface area contributed by atoms with Gasteiger partial charge in [-0.2, -0.15) is 4.91 Å². The highest BCUT2D eigenvalue weighted by Gasteiger charge is 2.26. The lowest BCUT2D eigenvalue weighted by Crippen LogP contribution is -2.34. The molecular weight excluding hydrogens is 156 g/mol. The summed E-state index contributed by atoms with van der Waals surface area (Å²) < 4.78 is 5.40. The second-order valence-corrected chi connectivity index (χ2v) is 2.90. The fourth-order valence-corrected chi connectivity index (χ4v) is 1.30. The topological polar surface area (TPSA) is 64.7 Å². The third-order valence-electron chi connectivity index (χ3n) is 1.99. The van der Waals surface area contributed by atoms with Crippen molar-refractivity contribution < 1.29 is 4.74 Å². The number of nitrogens with two attached hydrogens (primary N) is 1. The normalized spacial score (nSPS) is 34.8. The molecule has 0 bridgehead atoms. The van der Waals surface area contributed by atoms with Gasteiger partial charge < -0.3 is 10.5 Å². The summed E-state index contributed by atoms with van der Waals surface area (Å²) in [4.78, 5) is 10.1. The molecule has 1 rings (SSSR count). The Balaban J connectivity index is 0.000000561. The van der Waals surface area contributed by atoms with Crippen molar-refractivity contribution in [1.82, 2.24) is 0 Å². The average Bonchev–Trinajstić information content (AvgIpc) is 2.08. The summed E-state index contributed by atoms with van der Waals surface area (Å²) in [5.74, 6) is 0. The van der Waals surface area contributed by atoms with Crippen molar-refractivity contribution >= 4 is 0 Å². The summed E-state index contributed by atoms with van der Waals surface area (Å²) in [6, 6.07) is -0.115. The lowest BCUT2D eigenvalue weighted by atomic mass is 10.0. The first kappa shape index (κ1) is 11.5. The third-order valence-corrected chi connectivity index (χ3v) is 1.99. The second kappa shape index (κ2) is 6.08. The smallest absolute Gasteiger partial charge is 0.118 e. The minimum absolute atomic E-state index is 0.0150. The van der Waals surface area contributed by atoms with Gasteiger partial charge in [0.15, 0.2) is 0 Å². The lowest BCUT2D eigenvalue weighted by molar-refractivity contribution is -0.0407. The fraction of sp³-hybridized carbons (Fsp3) is 1.00. The van der Waals surface area contributed by atoms with Crippen LogP contribution in [0.5, 0.6) is 0 Å². The molecule has 4 heteroatoms. The van der Waals surface area contributed by atoms with Gasteiger partial charge in [-0.15, -0.1) is 0 Å². The summed E-state index contributed by atoms with van der Waals surface area (Å²) >= 11 is 0. The zero-order valence-electron chi connectivity index (χ0n) is 7.99. The first-order valence-corrected chi connectivity index (χ1v) is 4.29. The monoisotopic (exact) mass is 174 g/mol. The summed E-state index contributed by atoms with van der Waals surface area (Å²) in [7, 11) is 1.50. The van der Waals surface area contributed by atoms with Crippen molar-refractivity contribution in [1.29, 1.82) is 0 Å². The highest BCUT2D eigenvalue weighted by molar-refractivity contribution is 4.79. The van der Waals surface area contributed by atoms with Crippen LogP contribution in [0.2, 0.25) is 0 Å². The predicted molar refractivity (Wildman–Crippen MR) is 48.9 cm³/mol. The standard InChI is InChI=1S/C7H13NO2.CH5N/c1-5-3-4-7(8-9)6(2)10-5;1-2/h5-7H,3-4H2,1-2H3;2H2,1H3/t5?,6-,7?;/m1./s1. The maximum absolute atomic E-state index is 10.1. The van der Waals surface area contributed by atoms with E-state index < -0.39 is 0 Å². The number of hydrogen-bond donors (Lipinski definition) is 1. The zero-order valence-corrected chi connectivity index (χ0v) is 7.99. The van der Waals surface area contributed by atoms with Crippen LogP contribution in [-0.2, 0) is 4.74 Å². The van der Waals surface area contributed by atoms with E-state index in [-0.39, 0.29) is 12.1 Å². The number of nitrogens with zero attached hydrogens (tertiary/aromatic N) is 1. The first-order chi connectivity index (χ1) is 5.74. The van der Waals surface area contributed by atoms with Gasteiger partial charge in [0.2, 0.25) is 0 Å². The van der Waals surface area contributed by atoms with E-state index in [0.717, 1.165) is 12.8 Å². The molecule has 1 heterocycles. The summed E-state index contributed by atoms with van der Waals surface area (Å²) in [6.07, 6.45) is 2.15. The quantitative estimate of drug-likeness (QED) is 0.609. The van der Waals surface area contributed by atoms with E-state index in [1.165, 1.54) is 7.05 Å². The van der Waals surface area contributed by atoms with Crippen molar-refractivity contribution in [3.8, 4) is 0 Å². The highest BCUT2D eigenvalue weighted by atomic mass is 16.5. The van der Waals surface area contributed by atoms with E-state index in [2.05, 4.69) is 10.9 Å². The van der Waals surface area contributed by atoms with Gasteiger partial charge in [0.25, 0.3) is 0 Å². The summed E-state index contributed by atoms with van der Waals surface area (Å²) in [6.45, 7) is 3.93. The highest BCUT2D eigenvalue weighted by Crippen LogP contribution is 2.20. The van der Waals surface area contributed by atoms with Crippen molar-refractivity contribution in [3.63, 3.8) is 0 Å². The molecule has 2 N–H and O–H groups in total. The molecule has 12 heavy (non-hydrogen) atoms. The minimum atomic E-state index is -0.115. The molecule has 2 unspecified atom stereocenters. The number of nitroso groups, excluding NO2 is 1. The van der Waals surface area contributed by atoms with Gasteiger partial charge in [-0.25, -0.2) is 0 Å². The fourth-order valence-electron chi connectivity index (χ4n) is 1.30. The van der Waals surface area contributed by atoms with Crippen LogP contribution in [-0.4, -0.2) is 25.3 Å². The molecule has 0 amide bonds. The average molecular weight is 174 g/mol. The Morgan fingerprint density at radius 3 is 2.33 bits per heavy atom. The molecule has 1 aliphatic rings. The molecule has 0 radical (unpaired) electrons. The molecule has 0 spiro atoms. The second-order valence-electron chi connectivity index (χ2n) is 2.90. The van der Waals surface area contributed by atoms with Crippen LogP contribution >= 0.6 is 0 Å². The molecule has 1 saturated heterocycles. The molecule has 4 nitrogen and oxygen atoms in total. The minimum Gasteiger partial charge on any atom is -0.373 e. The van der Waals surface area contributed by atoms with Gasteiger partial charge in [-0.05, 0) is 33.7 Å². The Labute approximate surface area is 73.4 Å². The van der Waals surface area contributed by atoms with Crippen LogP contribution in [0.1, 0.15) is 26.7 Å². The van der Waals surface area contributed by atoms with Crippen molar-refractivity contribution in [3.05, 3.63) is 4.91 Å². The molecule has 0 aliphatic carbocycles. The Morgan fingerprint density at radius 1 is 1.33 bits per heavy atom. The van der Waals surface area contributed by atoms with Gasteiger partial charge in [0, 0.05) is 0 Å². The Morgan fingerprint density at radius 2 is 1.92 bits per heavy atom. The molecule has 0 aromatic heterocycles. The van der Waals surface area contributed by atoms with Crippen LogP contribution in [0.15, 0.2) is 5.18 Å². The largest absolute Gasteiger partial charge is 0.373 e. The van der Waals surface area contributed by atoms with Crippen LogP contribution < -0.4 is 5.73 Å². The number of rotatable bonds is 1. The zero-order chi connectivity index (χ0) is 9.56. The van der Waals surface area contributed by atoms with E-state index >= 15 is 0 Å². The number of hydrogen-bond acceptors (Lipinski definition) is 4. The molecule has 0 aromatic carbocycles. The molecule has 1 fully saturated rings. The van der Waals surface area contributed by atoms with Crippen molar-refractivity contribution in [2.75, 3.05) is 7.05 Å². The molecule has 3 atom stereocenters. The van der Waals surface area contributed by atoms with Gasteiger partial charge in [-0.1, -0.05) is 5.18 Å². The molecule has 0 aromatic rings. The van der Waals surface area contributed by atoms with Crippen LogP contribution in [0.25, 0.3) is 0 Å². The third kappa shape index (κ3) is 3.28. The van der Waals surface area contributed by atoms with E-state index in [1.807, 2.05) is 13.8 Å². The van der Waals surface area contributed by atoms with E-state index in [0.29, 0.717) is 6.10 Å². The van der Waals surface area contributed by atoms with Gasteiger partial charge in [-0.3, -0.25) is 0 Å². The van der Waals surface area contributed by atoms with Crippen LogP contribution in [0.3, 0.4) is 0 Å². The molecule has 1 aliphatic heterocycles. The van der Waals surface area contributed by atoms with E-state index in [1.54, 1.807) is 0 Å². The van der Waals surface area contributed by atoms with E-state index in [4.69, 9.17) is 4.74 Å². The van der Waals surface area contributed by atoms with Gasteiger partial charge in [0.1, 0.15) is 6.04 Å². The summed E-state index contributed by atoms with van der Waals surface area (Å²) in [5.41, 5.74) is 4.50. The predicted octanol–water partition coefficient (Wildman–Crippen LogP) is 1.28. The SMILES string of the molecule is CC1CCC(N=O)[C@@H](C)O1.CN. The Kier molecular flexibility index (Phi) is 5.84. The summed E-state index contributed by atoms with van der Waals surface area (Å²) in [5, 5.41) is 2.99. The van der Waals surface area contributed by atoms with Gasteiger partial charge in [0.05, 0.1) is 12.2 Å². The Bertz CT molecular complexity index is 130. The van der Waals surface area contributed by atoms with Crippen molar-refractivity contribution in [2.45, 2.75) is 44.9 Å². The van der Waals surface area contributed by atoms with Crippen LogP contribution in [0, 0.1) is 4.91 Å². The molecule has 0 saturated carbocycles. The van der Waals surface area contributed by atoms with Crippen molar-refractivity contribution in [2.24, 2.45) is 10.9 Å². The maximum atomic E-state index is 10.1. The molecular formula is C8H18N2O2. The number of ether oxygens (including phenoxy) is 1. The first-order valence-electron chi connectivity index (χ1n) is 4.29. The Hall–Kier alpha value is -0.480.